The quantitative estimate of drug-likeness (QED) is 0.890. The number of nitrogens with one attached hydrogen (secondary N) is 2. The highest BCUT2D eigenvalue weighted by atomic mass is 32.1. The number of nitrogens with zero attached hydrogens (tertiary/aromatic N) is 2. The summed E-state index contributed by atoms with van der Waals surface area (Å²) in [6, 6.07) is 3.18. The van der Waals surface area contributed by atoms with Crippen molar-refractivity contribution in [3.63, 3.8) is 0 Å². The Morgan fingerprint density at radius 3 is 3.00 bits per heavy atom. The minimum atomic E-state index is -0.290. The second-order valence-corrected chi connectivity index (χ2v) is 5.51. The van der Waals surface area contributed by atoms with Crippen molar-refractivity contribution < 1.29 is 9.53 Å². The van der Waals surface area contributed by atoms with Gasteiger partial charge in [0.2, 0.25) is 5.88 Å². The molecule has 2 heterocycles. The first-order valence-electron chi connectivity index (χ1n) is 6.56. The fraction of sp³-hybridized carbons (Fsp3) is 0.357. The predicted octanol–water partition coefficient (Wildman–Crippen LogP) is 2.78. The van der Waals surface area contributed by atoms with Crippen LogP contribution in [0.4, 0.5) is 10.5 Å². The minimum absolute atomic E-state index is 0.172. The molecule has 1 unspecified atom stereocenters. The normalized spacial score (nSPS) is 11.8. The molecule has 2 N–H and O–H groups in total. The van der Waals surface area contributed by atoms with Gasteiger partial charge in [-0.1, -0.05) is 6.92 Å². The largest absolute Gasteiger partial charge is 0.480 e. The Bertz CT molecular complexity index is 615. The second-order valence-electron chi connectivity index (χ2n) is 4.62. The minimum Gasteiger partial charge on any atom is -0.480 e. The van der Waals surface area contributed by atoms with Gasteiger partial charge in [0.15, 0.2) is 0 Å². The summed E-state index contributed by atoms with van der Waals surface area (Å²) in [6.45, 7) is 4.51. The molecule has 0 saturated heterocycles. The van der Waals surface area contributed by atoms with Crippen LogP contribution in [0.2, 0.25) is 0 Å². The lowest BCUT2D eigenvalue weighted by atomic mass is 10.2. The maximum Gasteiger partial charge on any atom is 0.319 e. The number of rotatable bonds is 5. The molecule has 2 aromatic rings. The lowest BCUT2D eigenvalue weighted by molar-refractivity contribution is 0.251. The Balaban J connectivity index is 1.87. The number of carbonyl (C=O) groups excluding carboxylic acids is 1. The third-order valence-electron chi connectivity index (χ3n) is 2.84. The molecule has 6 nitrogen and oxygen atoms in total. The highest BCUT2D eigenvalue weighted by molar-refractivity contribution is 7.09. The molecule has 0 aliphatic rings. The monoisotopic (exact) mass is 306 g/mol. The summed E-state index contributed by atoms with van der Waals surface area (Å²) < 4.78 is 5.08. The molecule has 21 heavy (non-hydrogen) atoms. The van der Waals surface area contributed by atoms with Crippen LogP contribution in [0, 0.1) is 6.92 Å². The first-order valence-corrected chi connectivity index (χ1v) is 7.44. The van der Waals surface area contributed by atoms with Crippen LogP contribution < -0.4 is 15.4 Å². The van der Waals surface area contributed by atoms with Gasteiger partial charge in [0.25, 0.3) is 0 Å². The number of ether oxygens (including phenoxy) is 1. The molecular formula is C14H18N4O2S. The van der Waals surface area contributed by atoms with E-state index in [0.29, 0.717) is 18.1 Å². The van der Waals surface area contributed by atoms with Gasteiger partial charge in [-0.25, -0.2) is 14.8 Å². The van der Waals surface area contributed by atoms with E-state index in [9.17, 15) is 4.79 Å². The van der Waals surface area contributed by atoms with Crippen molar-refractivity contribution in [2.75, 3.05) is 19.0 Å². The molecule has 7 heteroatoms. The van der Waals surface area contributed by atoms with Gasteiger partial charge in [-0.2, -0.15) is 0 Å². The van der Waals surface area contributed by atoms with Gasteiger partial charge in [-0.05, 0) is 19.1 Å². The van der Waals surface area contributed by atoms with E-state index in [2.05, 4.69) is 20.6 Å². The molecule has 2 amide bonds. The average Bonchev–Trinajstić information content (AvgIpc) is 2.92. The average molecular weight is 306 g/mol. The summed E-state index contributed by atoms with van der Waals surface area (Å²) in [5, 5.41) is 8.57. The van der Waals surface area contributed by atoms with Crippen molar-refractivity contribution in [1.82, 2.24) is 15.3 Å². The molecule has 0 aliphatic heterocycles. The Morgan fingerprint density at radius 2 is 2.33 bits per heavy atom. The van der Waals surface area contributed by atoms with Crippen LogP contribution in [-0.2, 0) is 0 Å². The Kier molecular flexibility index (Phi) is 5.10. The number of carbonyl (C=O) groups is 1. The third-order valence-corrected chi connectivity index (χ3v) is 4.03. The van der Waals surface area contributed by atoms with E-state index in [1.165, 1.54) is 7.11 Å². The lowest BCUT2D eigenvalue weighted by Crippen LogP contribution is -2.31. The summed E-state index contributed by atoms with van der Waals surface area (Å²) in [5.41, 5.74) is 1.54. The maximum absolute atomic E-state index is 11.9. The van der Waals surface area contributed by atoms with Gasteiger partial charge >= 0.3 is 6.03 Å². The highest BCUT2D eigenvalue weighted by Crippen LogP contribution is 2.20. The number of aromatic nitrogens is 2. The lowest BCUT2D eigenvalue weighted by Gasteiger charge is -2.12. The Morgan fingerprint density at radius 1 is 1.52 bits per heavy atom. The number of hydrogen-bond donors (Lipinski definition) is 2. The zero-order chi connectivity index (χ0) is 15.2. The van der Waals surface area contributed by atoms with Crippen molar-refractivity contribution in [1.29, 1.82) is 0 Å². The van der Waals surface area contributed by atoms with E-state index in [0.717, 1.165) is 10.7 Å². The Labute approximate surface area is 127 Å². The van der Waals surface area contributed by atoms with Crippen LogP contribution in [0.15, 0.2) is 23.7 Å². The van der Waals surface area contributed by atoms with Crippen LogP contribution in [0.1, 0.15) is 23.5 Å². The van der Waals surface area contributed by atoms with E-state index >= 15 is 0 Å². The number of hydrogen-bond acceptors (Lipinski definition) is 5. The van der Waals surface area contributed by atoms with Crippen LogP contribution >= 0.6 is 11.3 Å². The number of urea groups is 1. The zero-order valence-electron chi connectivity index (χ0n) is 12.2. The maximum atomic E-state index is 11.9. The number of pyridine rings is 1. The number of methoxy groups -OCH3 is 1. The fourth-order valence-electron chi connectivity index (χ4n) is 1.75. The van der Waals surface area contributed by atoms with Crippen molar-refractivity contribution >= 4 is 23.1 Å². The summed E-state index contributed by atoms with van der Waals surface area (Å²) in [4.78, 5) is 20.3. The molecule has 112 valence electrons. The van der Waals surface area contributed by atoms with Crippen molar-refractivity contribution in [2.45, 2.75) is 19.8 Å². The van der Waals surface area contributed by atoms with Gasteiger partial charge in [0.1, 0.15) is 5.69 Å². The zero-order valence-corrected chi connectivity index (χ0v) is 13.0. The molecule has 2 aromatic heterocycles. The molecule has 2 rings (SSSR count). The van der Waals surface area contributed by atoms with Crippen molar-refractivity contribution in [3.05, 3.63) is 34.4 Å². The van der Waals surface area contributed by atoms with Gasteiger partial charge < -0.3 is 15.4 Å². The van der Waals surface area contributed by atoms with E-state index in [1.54, 1.807) is 29.7 Å². The number of amides is 2. The van der Waals surface area contributed by atoms with Crippen molar-refractivity contribution in [3.8, 4) is 5.88 Å². The van der Waals surface area contributed by atoms with E-state index < -0.39 is 0 Å². The van der Waals surface area contributed by atoms with Gasteiger partial charge in [-0.3, -0.25) is 0 Å². The third kappa shape index (κ3) is 4.16. The number of thiazole rings is 1. The first kappa shape index (κ1) is 15.2. The summed E-state index contributed by atoms with van der Waals surface area (Å²) >= 11 is 1.61. The molecule has 0 aliphatic carbocycles. The van der Waals surface area contributed by atoms with E-state index in [4.69, 9.17) is 4.74 Å². The van der Waals surface area contributed by atoms with E-state index in [1.807, 2.05) is 19.2 Å². The number of anilines is 1. The molecule has 0 fully saturated rings. The molecule has 0 aromatic carbocycles. The fourth-order valence-corrected chi connectivity index (χ4v) is 2.60. The number of aryl methyl sites for hydroxylation is 1. The highest BCUT2D eigenvalue weighted by Gasteiger charge is 2.12. The standard InChI is InChI=1S/C14H18N4O2S/c1-9(13-17-10(2)8-21-13)7-16-14(19)18-11-5-4-6-15-12(11)20-3/h4-6,8-9H,7H2,1-3H3,(H2,16,18,19). The molecular weight excluding hydrogens is 288 g/mol. The van der Waals surface area contributed by atoms with Gasteiger partial charge in [0.05, 0.1) is 12.1 Å². The summed E-state index contributed by atoms with van der Waals surface area (Å²) in [5.74, 6) is 0.557. The molecule has 1 atom stereocenters. The first-order chi connectivity index (χ1) is 10.1. The van der Waals surface area contributed by atoms with E-state index in [-0.39, 0.29) is 11.9 Å². The van der Waals surface area contributed by atoms with Crippen LogP contribution in [-0.4, -0.2) is 29.7 Å². The molecule has 0 bridgehead atoms. The summed E-state index contributed by atoms with van der Waals surface area (Å²) in [7, 11) is 1.51. The Hall–Kier alpha value is -2.15. The second kappa shape index (κ2) is 7.03. The predicted molar refractivity (Wildman–Crippen MR) is 83.1 cm³/mol. The molecule has 0 radical (unpaired) electrons. The van der Waals surface area contributed by atoms with Crippen LogP contribution in [0.3, 0.4) is 0 Å². The van der Waals surface area contributed by atoms with Crippen molar-refractivity contribution in [2.24, 2.45) is 0 Å². The summed E-state index contributed by atoms with van der Waals surface area (Å²) in [6.07, 6.45) is 1.61. The SMILES string of the molecule is COc1ncccc1NC(=O)NCC(C)c1nc(C)cs1. The molecule has 0 saturated carbocycles. The van der Waals surface area contributed by atoms with Gasteiger partial charge in [-0.15, -0.1) is 11.3 Å². The van der Waals surface area contributed by atoms with Crippen LogP contribution in [0.5, 0.6) is 5.88 Å². The van der Waals surface area contributed by atoms with Crippen LogP contribution in [0.25, 0.3) is 0 Å². The molecule has 0 spiro atoms. The smallest absolute Gasteiger partial charge is 0.319 e. The van der Waals surface area contributed by atoms with Gasteiger partial charge in [0, 0.05) is 29.7 Å². The topological polar surface area (TPSA) is 76.1 Å².